The molecule has 90 valence electrons. The summed E-state index contributed by atoms with van der Waals surface area (Å²) in [6.45, 7) is 1.67. The topological polar surface area (TPSA) is 53.2 Å². The minimum atomic E-state index is -0.642. The van der Waals surface area contributed by atoms with Crippen LogP contribution in [0.2, 0.25) is 0 Å². The van der Waals surface area contributed by atoms with Gasteiger partial charge in [-0.05, 0) is 31.2 Å². The number of nitrogens with zero attached hydrogens (tertiary/aromatic N) is 1. The fourth-order valence-electron chi connectivity index (χ4n) is 1.65. The number of hydrogen-bond acceptors (Lipinski definition) is 3. The lowest BCUT2D eigenvalue weighted by Crippen LogP contribution is -1.96. The molecule has 1 N–H and O–H groups in total. The van der Waals surface area contributed by atoms with Crippen molar-refractivity contribution in [1.82, 2.24) is 0 Å². The summed E-state index contributed by atoms with van der Waals surface area (Å²) in [4.78, 5) is 0. The maximum atomic E-state index is 9.68. The average molecular weight is 239 g/mol. The summed E-state index contributed by atoms with van der Waals surface area (Å²) in [6, 6.07) is 16.3. The van der Waals surface area contributed by atoms with Crippen LogP contribution in [-0.2, 0) is 0 Å². The Morgan fingerprint density at radius 2 is 1.89 bits per heavy atom. The van der Waals surface area contributed by atoms with E-state index in [-0.39, 0.29) is 0 Å². The molecular formula is C15H13NO2. The predicted molar refractivity (Wildman–Crippen MR) is 68.3 cm³/mol. The number of rotatable bonds is 3. The fraction of sp³-hybridized carbons (Fsp3) is 0.133. The number of nitriles is 1. The van der Waals surface area contributed by atoms with Crippen LogP contribution in [0.4, 0.5) is 0 Å². The third-order valence-corrected chi connectivity index (χ3v) is 2.56. The smallest absolute Gasteiger partial charge is 0.134 e. The molecular weight excluding hydrogens is 226 g/mol. The molecule has 3 heteroatoms. The fourth-order valence-corrected chi connectivity index (χ4v) is 1.65. The van der Waals surface area contributed by atoms with Crippen LogP contribution in [0.5, 0.6) is 11.5 Å². The molecule has 0 aromatic heterocycles. The lowest BCUT2D eigenvalue weighted by atomic mass is 10.1. The lowest BCUT2D eigenvalue weighted by Gasteiger charge is -2.13. The second-order valence-electron chi connectivity index (χ2n) is 3.96. The molecule has 0 saturated carbocycles. The maximum absolute atomic E-state index is 9.68. The summed E-state index contributed by atoms with van der Waals surface area (Å²) in [5.41, 5.74) is 1.17. The van der Waals surface area contributed by atoms with E-state index in [1.54, 1.807) is 25.1 Å². The molecule has 0 saturated heterocycles. The Labute approximate surface area is 106 Å². The Balaban J connectivity index is 2.39. The zero-order valence-electron chi connectivity index (χ0n) is 10.00. The van der Waals surface area contributed by atoms with Crippen molar-refractivity contribution in [3.63, 3.8) is 0 Å². The van der Waals surface area contributed by atoms with Gasteiger partial charge in [-0.25, -0.2) is 0 Å². The predicted octanol–water partition coefficient (Wildman–Crippen LogP) is 3.40. The molecule has 0 aliphatic heterocycles. The van der Waals surface area contributed by atoms with E-state index < -0.39 is 6.10 Å². The van der Waals surface area contributed by atoms with Crippen molar-refractivity contribution < 1.29 is 9.84 Å². The highest BCUT2D eigenvalue weighted by molar-refractivity contribution is 5.45. The molecule has 0 fully saturated rings. The normalized spacial score (nSPS) is 11.6. The summed E-state index contributed by atoms with van der Waals surface area (Å²) >= 11 is 0. The van der Waals surface area contributed by atoms with E-state index in [2.05, 4.69) is 6.07 Å². The zero-order chi connectivity index (χ0) is 13.0. The van der Waals surface area contributed by atoms with Gasteiger partial charge in [-0.3, -0.25) is 0 Å². The molecule has 1 atom stereocenters. The first-order chi connectivity index (χ1) is 8.70. The van der Waals surface area contributed by atoms with Crippen LogP contribution in [0.1, 0.15) is 24.2 Å². The Hall–Kier alpha value is -2.31. The van der Waals surface area contributed by atoms with Gasteiger partial charge in [-0.15, -0.1) is 0 Å². The first-order valence-corrected chi connectivity index (χ1v) is 5.65. The summed E-state index contributed by atoms with van der Waals surface area (Å²) in [5, 5.41) is 18.6. The summed E-state index contributed by atoms with van der Waals surface area (Å²) < 4.78 is 5.70. The number of ether oxygens (including phenoxy) is 1. The van der Waals surface area contributed by atoms with Crippen LogP contribution in [0.3, 0.4) is 0 Å². The van der Waals surface area contributed by atoms with Crippen LogP contribution in [0, 0.1) is 11.3 Å². The second-order valence-corrected chi connectivity index (χ2v) is 3.96. The van der Waals surface area contributed by atoms with Crippen LogP contribution in [0.15, 0.2) is 48.5 Å². The van der Waals surface area contributed by atoms with Crippen LogP contribution in [-0.4, -0.2) is 5.11 Å². The van der Waals surface area contributed by atoms with E-state index in [1.165, 1.54) is 0 Å². The first kappa shape index (κ1) is 12.2. The molecule has 0 spiro atoms. The Kier molecular flexibility index (Phi) is 3.61. The highest BCUT2D eigenvalue weighted by atomic mass is 16.5. The third-order valence-electron chi connectivity index (χ3n) is 2.56. The Morgan fingerprint density at radius 3 is 2.50 bits per heavy atom. The molecule has 0 aliphatic rings. The maximum Gasteiger partial charge on any atom is 0.134 e. The zero-order valence-corrected chi connectivity index (χ0v) is 10.00. The standard InChI is InChI=1S/C15H13NO2/c1-11(17)14-8-7-12(10-16)9-15(14)18-13-5-3-2-4-6-13/h2-9,11,17H,1H3/t11-/m0/s1. The summed E-state index contributed by atoms with van der Waals surface area (Å²) in [6.07, 6.45) is -0.642. The van der Waals surface area contributed by atoms with Gasteiger partial charge in [0.15, 0.2) is 0 Å². The van der Waals surface area contributed by atoms with Crippen molar-refractivity contribution in [3.8, 4) is 17.6 Å². The monoisotopic (exact) mass is 239 g/mol. The SMILES string of the molecule is C[C@H](O)c1ccc(C#N)cc1Oc1ccccc1. The minimum Gasteiger partial charge on any atom is -0.457 e. The van der Waals surface area contributed by atoms with Gasteiger partial charge in [0.25, 0.3) is 0 Å². The molecule has 3 nitrogen and oxygen atoms in total. The van der Waals surface area contributed by atoms with Gasteiger partial charge >= 0.3 is 0 Å². The van der Waals surface area contributed by atoms with Crippen molar-refractivity contribution >= 4 is 0 Å². The van der Waals surface area contributed by atoms with Gasteiger partial charge in [0, 0.05) is 5.56 Å². The minimum absolute atomic E-state index is 0.505. The van der Waals surface area contributed by atoms with Gasteiger partial charge in [0.2, 0.25) is 0 Å². The molecule has 18 heavy (non-hydrogen) atoms. The van der Waals surface area contributed by atoms with Crippen molar-refractivity contribution in [2.24, 2.45) is 0 Å². The number of para-hydroxylation sites is 1. The molecule has 2 rings (SSSR count). The van der Waals surface area contributed by atoms with Gasteiger partial charge < -0.3 is 9.84 Å². The summed E-state index contributed by atoms with van der Waals surface area (Å²) in [7, 11) is 0. The first-order valence-electron chi connectivity index (χ1n) is 5.65. The molecule has 0 heterocycles. The summed E-state index contributed by atoms with van der Waals surface area (Å²) in [5.74, 6) is 1.18. The van der Waals surface area contributed by atoms with E-state index in [1.807, 2.05) is 30.3 Å². The number of aliphatic hydroxyl groups excluding tert-OH is 1. The number of benzene rings is 2. The quantitative estimate of drug-likeness (QED) is 0.893. The van der Waals surface area contributed by atoms with E-state index in [0.29, 0.717) is 22.6 Å². The van der Waals surface area contributed by atoms with E-state index in [0.717, 1.165) is 0 Å². The van der Waals surface area contributed by atoms with Gasteiger partial charge in [0.05, 0.1) is 17.7 Å². The van der Waals surface area contributed by atoms with Gasteiger partial charge in [0.1, 0.15) is 11.5 Å². The molecule has 0 radical (unpaired) electrons. The lowest BCUT2D eigenvalue weighted by molar-refractivity contribution is 0.195. The third kappa shape index (κ3) is 2.68. The molecule has 2 aromatic carbocycles. The van der Waals surface area contributed by atoms with Crippen molar-refractivity contribution in [3.05, 3.63) is 59.7 Å². The molecule has 0 bridgehead atoms. The Bertz CT molecular complexity index is 571. The molecule has 0 unspecified atom stereocenters. The van der Waals surface area contributed by atoms with Crippen molar-refractivity contribution in [2.75, 3.05) is 0 Å². The highest BCUT2D eigenvalue weighted by Crippen LogP contribution is 2.30. The molecule has 2 aromatic rings. The van der Waals surface area contributed by atoms with Crippen LogP contribution < -0.4 is 4.74 Å². The van der Waals surface area contributed by atoms with E-state index >= 15 is 0 Å². The van der Waals surface area contributed by atoms with Crippen molar-refractivity contribution in [2.45, 2.75) is 13.0 Å². The number of aliphatic hydroxyl groups is 1. The Morgan fingerprint density at radius 1 is 1.17 bits per heavy atom. The van der Waals surface area contributed by atoms with Gasteiger partial charge in [-0.2, -0.15) is 5.26 Å². The highest BCUT2D eigenvalue weighted by Gasteiger charge is 2.11. The van der Waals surface area contributed by atoms with Crippen LogP contribution >= 0.6 is 0 Å². The molecule has 0 amide bonds. The number of hydrogen-bond donors (Lipinski definition) is 1. The molecule has 0 aliphatic carbocycles. The van der Waals surface area contributed by atoms with Crippen molar-refractivity contribution in [1.29, 1.82) is 5.26 Å². The largest absolute Gasteiger partial charge is 0.457 e. The van der Waals surface area contributed by atoms with E-state index in [9.17, 15) is 5.11 Å². The van der Waals surface area contributed by atoms with Gasteiger partial charge in [-0.1, -0.05) is 24.3 Å². The second kappa shape index (κ2) is 5.35. The van der Waals surface area contributed by atoms with E-state index in [4.69, 9.17) is 10.00 Å². The average Bonchev–Trinajstić information content (AvgIpc) is 2.39. The van der Waals surface area contributed by atoms with Crippen LogP contribution in [0.25, 0.3) is 0 Å².